The standard InChI is InChI=1S/C16H23NO3/c1-20-15-9-3-2-6-13(15)12-16(19)17-10-4-7-14(17)8-5-11-18/h2-3,6,9,14,18H,4-5,7-8,10-12H2,1H3. The normalized spacial score (nSPS) is 18.3. The summed E-state index contributed by atoms with van der Waals surface area (Å²) < 4.78 is 5.30. The molecule has 4 nitrogen and oxygen atoms in total. The zero-order valence-corrected chi connectivity index (χ0v) is 12.0. The highest BCUT2D eigenvalue weighted by Gasteiger charge is 2.28. The number of benzene rings is 1. The number of amides is 1. The second-order valence-electron chi connectivity index (χ2n) is 5.24. The minimum atomic E-state index is 0.162. The third kappa shape index (κ3) is 3.51. The maximum atomic E-state index is 12.5. The summed E-state index contributed by atoms with van der Waals surface area (Å²) in [5, 5.41) is 8.93. The van der Waals surface area contributed by atoms with Crippen LogP contribution in [0.15, 0.2) is 24.3 Å². The van der Waals surface area contributed by atoms with Crippen LogP contribution in [0.2, 0.25) is 0 Å². The number of aliphatic hydroxyl groups is 1. The molecule has 4 heteroatoms. The predicted molar refractivity (Wildman–Crippen MR) is 77.8 cm³/mol. The molecule has 1 saturated heterocycles. The number of rotatable bonds is 6. The summed E-state index contributed by atoms with van der Waals surface area (Å²) >= 11 is 0. The van der Waals surface area contributed by atoms with Gasteiger partial charge in [-0.1, -0.05) is 18.2 Å². The molecule has 0 radical (unpaired) electrons. The Kier molecular flexibility index (Phi) is 5.41. The SMILES string of the molecule is COc1ccccc1CC(=O)N1CCCC1CCCO. The molecule has 20 heavy (non-hydrogen) atoms. The molecular formula is C16H23NO3. The van der Waals surface area contributed by atoms with Crippen LogP contribution < -0.4 is 4.74 Å². The number of nitrogens with zero attached hydrogens (tertiary/aromatic N) is 1. The molecule has 2 rings (SSSR count). The highest BCUT2D eigenvalue weighted by molar-refractivity contribution is 5.80. The number of likely N-dealkylation sites (tertiary alicyclic amines) is 1. The van der Waals surface area contributed by atoms with Gasteiger partial charge in [-0.15, -0.1) is 0 Å². The molecule has 1 amide bonds. The van der Waals surface area contributed by atoms with Gasteiger partial charge in [0, 0.05) is 24.8 Å². The topological polar surface area (TPSA) is 49.8 Å². The molecule has 0 aliphatic carbocycles. The smallest absolute Gasteiger partial charge is 0.227 e. The average molecular weight is 277 g/mol. The molecule has 1 heterocycles. The van der Waals surface area contributed by atoms with Gasteiger partial charge in [0.1, 0.15) is 5.75 Å². The van der Waals surface area contributed by atoms with Gasteiger partial charge in [-0.25, -0.2) is 0 Å². The lowest BCUT2D eigenvalue weighted by molar-refractivity contribution is -0.131. The lowest BCUT2D eigenvalue weighted by Gasteiger charge is -2.25. The maximum absolute atomic E-state index is 12.5. The number of para-hydroxylation sites is 1. The van der Waals surface area contributed by atoms with E-state index in [1.165, 1.54) is 0 Å². The van der Waals surface area contributed by atoms with Gasteiger partial charge < -0.3 is 14.7 Å². The van der Waals surface area contributed by atoms with Crippen molar-refractivity contribution in [1.82, 2.24) is 4.90 Å². The van der Waals surface area contributed by atoms with Crippen LogP contribution in [-0.2, 0) is 11.2 Å². The van der Waals surface area contributed by atoms with Gasteiger partial charge in [-0.2, -0.15) is 0 Å². The van der Waals surface area contributed by atoms with Gasteiger partial charge in [-0.3, -0.25) is 4.79 Å². The fraction of sp³-hybridized carbons (Fsp3) is 0.562. The Labute approximate surface area is 120 Å². The van der Waals surface area contributed by atoms with Crippen molar-refractivity contribution in [2.75, 3.05) is 20.3 Å². The van der Waals surface area contributed by atoms with Gasteiger partial charge in [0.2, 0.25) is 5.91 Å². The average Bonchev–Trinajstić information content (AvgIpc) is 2.94. The van der Waals surface area contributed by atoms with Crippen LogP contribution in [0, 0.1) is 0 Å². The summed E-state index contributed by atoms with van der Waals surface area (Å²) in [4.78, 5) is 14.4. The van der Waals surface area contributed by atoms with Crippen LogP contribution in [0.25, 0.3) is 0 Å². The second kappa shape index (κ2) is 7.29. The predicted octanol–water partition coefficient (Wildman–Crippen LogP) is 2.00. The van der Waals surface area contributed by atoms with Crippen LogP contribution >= 0.6 is 0 Å². The summed E-state index contributed by atoms with van der Waals surface area (Å²) in [6.45, 7) is 1.04. The Balaban J connectivity index is 2.00. The third-order valence-electron chi connectivity index (χ3n) is 3.93. The molecule has 1 aromatic rings. The largest absolute Gasteiger partial charge is 0.496 e. The maximum Gasteiger partial charge on any atom is 0.227 e. The summed E-state index contributed by atoms with van der Waals surface area (Å²) in [7, 11) is 1.63. The molecule has 0 spiro atoms. The molecule has 1 aromatic carbocycles. The number of ether oxygens (including phenoxy) is 1. The van der Waals surface area contributed by atoms with Gasteiger partial charge in [0.15, 0.2) is 0 Å². The van der Waals surface area contributed by atoms with E-state index in [9.17, 15) is 4.79 Å². The van der Waals surface area contributed by atoms with Crippen molar-refractivity contribution in [3.05, 3.63) is 29.8 Å². The first-order valence-corrected chi connectivity index (χ1v) is 7.28. The summed E-state index contributed by atoms with van der Waals surface area (Å²) in [5.41, 5.74) is 0.938. The van der Waals surface area contributed by atoms with Crippen LogP contribution in [0.5, 0.6) is 5.75 Å². The van der Waals surface area contributed by atoms with Gasteiger partial charge in [0.05, 0.1) is 13.5 Å². The number of aliphatic hydroxyl groups excluding tert-OH is 1. The first kappa shape index (κ1) is 14.9. The molecule has 1 atom stereocenters. The molecule has 110 valence electrons. The number of carbonyl (C=O) groups excluding carboxylic acids is 1. The zero-order chi connectivity index (χ0) is 14.4. The molecule has 0 saturated carbocycles. The molecule has 1 fully saturated rings. The Morgan fingerprint density at radius 3 is 3.00 bits per heavy atom. The molecular weight excluding hydrogens is 254 g/mol. The van der Waals surface area contributed by atoms with E-state index in [0.717, 1.165) is 43.5 Å². The van der Waals surface area contributed by atoms with Crippen LogP contribution in [0.3, 0.4) is 0 Å². The number of hydrogen-bond acceptors (Lipinski definition) is 3. The number of carbonyl (C=O) groups is 1. The fourth-order valence-electron chi connectivity index (χ4n) is 2.90. The highest BCUT2D eigenvalue weighted by Crippen LogP contribution is 2.24. The Morgan fingerprint density at radius 1 is 1.45 bits per heavy atom. The Bertz CT molecular complexity index is 447. The van der Waals surface area contributed by atoms with Gasteiger partial charge in [0.25, 0.3) is 0 Å². The first-order chi connectivity index (χ1) is 9.76. The lowest BCUT2D eigenvalue weighted by Crippen LogP contribution is -2.36. The van der Waals surface area contributed by atoms with E-state index in [-0.39, 0.29) is 12.5 Å². The van der Waals surface area contributed by atoms with Crippen molar-refractivity contribution in [1.29, 1.82) is 0 Å². The van der Waals surface area contributed by atoms with E-state index in [1.54, 1.807) is 7.11 Å². The Morgan fingerprint density at radius 2 is 2.25 bits per heavy atom. The monoisotopic (exact) mass is 277 g/mol. The van der Waals surface area contributed by atoms with E-state index >= 15 is 0 Å². The summed E-state index contributed by atoms with van der Waals surface area (Å²) in [6.07, 6.45) is 4.17. The van der Waals surface area contributed by atoms with Crippen molar-refractivity contribution in [2.24, 2.45) is 0 Å². The van der Waals surface area contributed by atoms with Crippen molar-refractivity contribution in [3.63, 3.8) is 0 Å². The van der Waals surface area contributed by atoms with Crippen LogP contribution in [0.1, 0.15) is 31.2 Å². The van der Waals surface area contributed by atoms with Crippen molar-refractivity contribution < 1.29 is 14.6 Å². The summed E-state index contributed by atoms with van der Waals surface area (Å²) in [6, 6.07) is 7.96. The second-order valence-corrected chi connectivity index (χ2v) is 5.24. The lowest BCUT2D eigenvalue weighted by atomic mass is 10.1. The van der Waals surface area contributed by atoms with Crippen molar-refractivity contribution in [2.45, 2.75) is 38.1 Å². The summed E-state index contributed by atoms with van der Waals surface area (Å²) in [5.74, 6) is 0.932. The molecule has 0 bridgehead atoms. The first-order valence-electron chi connectivity index (χ1n) is 7.28. The highest BCUT2D eigenvalue weighted by atomic mass is 16.5. The molecule has 1 N–H and O–H groups in total. The van der Waals surface area contributed by atoms with E-state index in [4.69, 9.17) is 9.84 Å². The number of methoxy groups -OCH3 is 1. The Hall–Kier alpha value is -1.55. The van der Waals surface area contributed by atoms with E-state index < -0.39 is 0 Å². The minimum absolute atomic E-state index is 0.162. The van der Waals surface area contributed by atoms with Gasteiger partial charge in [-0.05, 0) is 31.7 Å². The van der Waals surface area contributed by atoms with Crippen molar-refractivity contribution >= 4 is 5.91 Å². The van der Waals surface area contributed by atoms with E-state index in [2.05, 4.69) is 0 Å². The van der Waals surface area contributed by atoms with E-state index in [0.29, 0.717) is 12.5 Å². The quantitative estimate of drug-likeness (QED) is 0.865. The molecule has 1 aliphatic rings. The van der Waals surface area contributed by atoms with Crippen LogP contribution in [0.4, 0.5) is 0 Å². The fourth-order valence-corrected chi connectivity index (χ4v) is 2.90. The third-order valence-corrected chi connectivity index (χ3v) is 3.93. The number of hydrogen-bond donors (Lipinski definition) is 1. The van der Waals surface area contributed by atoms with Crippen LogP contribution in [-0.4, -0.2) is 42.2 Å². The molecule has 0 aromatic heterocycles. The zero-order valence-electron chi connectivity index (χ0n) is 12.0. The van der Waals surface area contributed by atoms with Crippen molar-refractivity contribution in [3.8, 4) is 5.75 Å². The van der Waals surface area contributed by atoms with Gasteiger partial charge >= 0.3 is 0 Å². The molecule has 1 unspecified atom stereocenters. The minimum Gasteiger partial charge on any atom is -0.496 e. The van der Waals surface area contributed by atoms with E-state index in [1.807, 2.05) is 29.2 Å². The molecule has 1 aliphatic heterocycles.